The fourth-order valence-electron chi connectivity index (χ4n) is 4.36. The summed E-state index contributed by atoms with van der Waals surface area (Å²) in [6.07, 6.45) is 3.27. The van der Waals surface area contributed by atoms with E-state index in [9.17, 15) is 13.2 Å². The average Bonchev–Trinajstić information content (AvgIpc) is 2.81. The van der Waals surface area contributed by atoms with E-state index < -0.39 is 21.8 Å². The van der Waals surface area contributed by atoms with E-state index in [2.05, 4.69) is 42.2 Å². The molecule has 2 aromatic carbocycles. The van der Waals surface area contributed by atoms with Crippen LogP contribution in [-0.4, -0.2) is 69.7 Å². The van der Waals surface area contributed by atoms with Crippen molar-refractivity contribution in [2.75, 3.05) is 40.7 Å². The van der Waals surface area contributed by atoms with Gasteiger partial charge in [0.15, 0.2) is 28.8 Å². The van der Waals surface area contributed by atoms with Gasteiger partial charge in [-0.15, -0.1) is 0 Å². The van der Waals surface area contributed by atoms with Gasteiger partial charge < -0.3 is 29.0 Å². The Labute approximate surface area is 203 Å². The van der Waals surface area contributed by atoms with Crippen molar-refractivity contribution in [1.82, 2.24) is 4.90 Å². The van der Waals surface area contributed by atoms with Gasteiger partial charge in [-0.1, -0.05) is 0 Å². The maximum Gasteiger partial charge on any atom is 0.321 e. The van der Waals surface area contributed by atoms with Crippen LogP contribution in [0.3, 0.4) is 0 Å². The van der Waals surface area contributed by atoms with Gasteiger partial charge in [0.25, 0.3) is 10.1 Å². The third kappa shape index (κ3) is 5.63. The highest BCUT2D eigenvalue weighted by Gasteiger charge is 2.30. The molecule has 0 fully saturated rings. The molecule has 0 saturated carbocycles. The smallest absolute Gasteiger partial charge is 0.321 e. The number of aliphatic carboxylic acids is 1. The number of hydrogen-bond donors (Lipinski definition) is 2. The van der Waals surface area contributed by atoms with Gasteiger partial charge in [0.05, 0.1) is 34.5 Å². The van der Waals surface area contributed by atoms with Crippen molar-refractivity contribution in [3.05, 3.63) is 45.8 Å². The van der Waals surface area contributed by atoms with E-state index in [0.29, 0.717) is 0 Å². The minimum atomic E-state index is -4.32. The summed E-state index contributed by atoms with van der Waals surface area (Å²) in [7, 11) is 2.38. The summed E-state index contributed by atoms with van der Waals surface area (Å²) in [6, 6.07) is 8.52. The van der Waals surface area contributed by atoms with E-state index >= 15 is 0 Å². The van der Waals surface area contributed by atoms with Crippen LogP contribution in [0.25, 0.3) is 11.8 Å². The van der Waals surface area contributed by atoms with Crippen molar-refractivity contribution in [3.63, 3.8) is 0 Å². The van der Waals surface area contributed by atoms with Crippen LogP contribution in [0.15, 0.2) is 24.3 Å². The quantitative estimate of drug-likeness (QED) is 0.550. The maximum atomic E-state index is 9.62. The molecule has 10 nitrogen and oxygen atoms in total. The van der Waals surface area contributed by atoms with Crippen LogP contribution in [0, 0.1) is 0 Å². The Morgan fingerprint density at radius 3 is 2.03 bits per heavy atom. The summed E-state index contributed by atoms with van der Waals surface area (Å²) >= 11 is 0. The first-order valence-electron chi connectivity index (χ1n) is 10.7. The van der Waals surface area contributed by atoms with Gasteiger partial charge in [0, 0.05) is 17.5 Å². The molecule has 0 bridgehead atoms. The van der Waals surface area contributed by atoms with Crippen LogP contribution in [-0.2, 0) is 21.3 Å². The largest absolute Gasteiger partial charge is 0.493 e. The van der Waals surface area contributed by atoms with Gasteiger partial charge in [-0.3, -0.25) is 9.35 Å². The fourth-order valence-corrected chi connectivity index (χ4v) is 4.67. The normalized spacial score (nSPS) is 15.9. The van der Waals surface area contributed by atoms with E-state index in [0.717, 1.165) is 41.2 Å². The first-order valence-corrected chi connectivity index (χ1v) is 12.3. The maximum absolute atomic E-state index is 9.62. The highest BCUT2D eigenvalue weighted by molar-refractivity contribution is 7.86. The number of ether oxygens (including phenoxy) is 4. The van der Waals surface area contributed by atoms with E-state index in [4.69, 9.17) is 28.6 Å². The van der Waals surface area contributed by atoms with Crippen molar-refractivity contribution in [2.45, 2.75) is 19.4 Å². The van der Waals surface area contributed by atoms with Crippen molar-refractivity contribution >= 4 is 27.9 Å². The Bertz CT molecular complexity index is 1350. The number of hydrogen-bond acceptors (Lipinski definition) is 8. The van der Waals surface area contributed by atoms with Gasteiger partial charge in [0.1, 0.15) is 0 Å². The van der Waals surface area contributed by atoms with Gasteiger partial charge in [-0.25, -0.2) is 0 Å². The Morgan fingerprint density at radius 1 is 0.971 bits per heavy atom. The lowest BCUT2D eigenvalue weighted by molar-refractivity contribution is -0.134. The molecule has 0 radical (unpaired) electrons. The molecule has 0 spiro atoms. The minimum Gasteiger partial charge on any atom is -0.493 e. The van der Waals surface area contributed by atoms with Crippen molar-refractivity contribution < 1.29 is 41.8 Å². The number of fused-ring (bicyclic) bond motifs is 4. The highest BCUT2D eigenvalue weighted by atomic mass is 32.2. The average molecular weight is 508 g/mol. The van der Waals surface area contributed by atoms with Crippen molar-refractivity contribution in [2.24, 2.45) is 0 Å². The molecule has 0 aliphatic carbocycles. The molecule has 35 heavy (non-hydrogen) atoms. The summed E-state index contributed by atoms with van der Waals surface area (Å²) < 4.78 is 49.0. The topological polar surface area (TPSA) is 132 Å². The van der Waals surface area contributed by atoms with Crippen LogP contribution in [0.4, 0.5) is 0 Å². The first-order chi connectivity index (χ1) is 16.5. The predicted octanol–water partition coefficient (Wildman–Crippen LogP) is 1.20. The Balaban J connectivity index is 0.000000371. The summed E-state index contributed by atoms with van der Waals surface area (Å²) in [5.74, 6) is 0.263. The van der Waals surface area contributed by atoms with Crippen LogP contribution in [0.5, 0.6) is 23.0 Å². The number of methoxy groups -OCH3 is 4. The standard InChI is InChI=1S/C22H25NO4.C2H4O5S/c1-13-16-11-21(26-4)20(25-3)10-15(16)8-18-17-12-22(27-5)19(24-2)9-14(17)6-7-23(13)18;3-2(4)1-8(5,6)7/h8-12,18H,6-7H2,1-5H3;1H2,(H,3,4)(H,5,6,7). The third-order valence-electron chi connectivity index (χ3n) is 5.94. The molecule has 11 heteroatoms. The number of carboxylic acids is 1. The lowest BCUT2D eigenvalue weighted by Crippen LogP contribution is -2.43. The molecule has 0 amide bonds. The number of benzene rings is 2. The molecule has 2 aromatic rings. The van der Waals surface area contributed by atoms with Gasteiger partial charge in [-0.2, -0.15) is 8.42 Å². The predicted molar refractivity (Wildman–Crippen MR) is 129 cm³/mol. The molecule has 2 aliphatic rings. The van der Waals surface area contributed by atoms with Crippen molar-refractivity contribution in [3.8, 4) is 23.0 Å². The minimum absolute atomic E-state index is 0.166. The second kappa shape index (κ2) is 10.4. The molecular weight excluding hydrogens is 478 g/mol. The second-order valence-electron chi connectivity index (χ2n) is 7.96. The summed E-state index contributed by atoms with van der Waals surface area (Å²) in [6.45, 7) is 3.14. The fraction of sp³-hybridized carbons (Fsp3) is 0.375. The lowest BCUT2D eigenvalue weighted by Gasteiger charge is -2.40. The van der Waals surface area contributed by atoms with Gasteiger partial charge in [-0.05, 0) is 60.0 Å². The third-order valence-corrected chi connectivity index (χ3v) is 6.55. The zero-order valence-electron chi connectivity index (χ0n) is 20.2. The SMILES string of the molecule is COc1cc2c(cc1OC)C1C=c3cc(OC)c(OC)cc3=C(C)N1CC2.O=C(O)CS(=O)(=O)O. The number of rotatable bonds is 6. The molecule has 4 rings (SSSR count). The molecule has 2 aliphatic heterocycles. The zero-order valence-corrected chi connectivity index (χ0v) is 21.0. The molecule has 2 heterocycles. The van der Waals surface area contributed by atoms with E-state index in [1.165, 1.54) is 22.0 Å². The first kappa shape index (κ1) is 26.2. The number of carboxylic acid groups (broad SMARTS) is 1. The molecular formula is C24H29NO9S. The molecule has 190 valence electrons. The van der Waals surface area contributed by atoms with Gasteiger partial charge in [0.2, 0.25) is 0 Å². The molecule has 0 aromatic heterocycles. The highest BCUT2D eigenvalue weighted by Crippen LogP contribution is 2.40. The van der Waals surface area contributed by atoms with Crippen molar-refractivity contribution in [1.29, 1.82) is 0 Å². The van der Waals surface area contributed by atoms with Crippen LogP contribution >= 0.6 is 0 Å². The second-order valence-corrected chi connectivity index (χ2v) is 9.41. The summed E-state index contributed by atoms with van der Waals surface area (Å²) in [5, 5.41) is 10.1. The Morgan fingerprint density at radius 2 is 1.51 bits per heavy atom. The Kier molecular flexibility index (Phi) is 7.81. The van der Waals surface area contributed by atoms with Gasteiger partial charge >= 0.3 is 5.97 Å². The lowest BCUT2D eigenvalue weighted by atomic mass is 9.88. The van der Waals surface area contributed by atoms with E-state index in [1.807, 2.05) is 0 Å². The van der Waals surface area contributed by atoms with E-state index in [1.54, 1.807) is 28.4 Å². The van der Waals surface area contributed by atoms with Crippen LogP contribution < -0.4 is 29.4 Å². The summed E-state index contributed by atoms with van der Waals surface area (Å²) in [5.41, 5.74) is 3.82. The summed E-state index contributed by atoms with van der Waals surface area (Å²) in [4.78, 5) is 11.9. The molecule has 1 unspecified atom stereocenters. The Hall–Kier alpha value is -3.44. The molecule has 2 N–H and O–H groups in total. The molecule has 1 atom stereocenters. The number of carbonyl (C=O) groups is 1. The van der Waals surface area contributed by atoms with Crippen LogP contribution in [0.1, 0.15) is 24.1 Å². The molecule has 0 saturated heterocycles. The monoisotopic (exact) mass is 507 g/mol. The van der Waals surface area contributed by atoms with E-state index in [-0.39, 0.29) is 6.04 Å². The zero-order chi connectivity index (χ0) is 25.9. The van der Waals surface area contributed by atoms with Crippen LogP contribution in [0.2, 0.25) is 0 Å². The number of nitrogens with zero attached hydrogens (tertiary/aromatic N) is 1.